The van der Waals surface area contributed by atoms with Crippen LogP contribution in [0.3, 0.4) is 0 Å². The van der Waals surface area contributed by atoms with Crippen LogP contribution < -0.4 is 10.6 Å². The second-order valence-corrected chi connectivity index (χ2v) is 3.67. The number of amidine groups is 1. The van der Waals surface area contributed by atoms with Gasteiger partial charge in [0.15, 0.2) is 0 Å². The van der Waals surface area contributed by atoms with E-state index in [0.717, 1.165) is 31.0 Å². The summed E-state index contributed by atoms with van der Waals surface area (Å²) < 4.78 is 0. The first-order valence-electron chi connectivity index (χ1n) is 7.06. The van der Waals surface area contributed by atoms with E-state index >= 15 is 0 Å². The molecule has 0 aromatic rings. The predicted molar refractivity (Wildman–Crippen MR) is 84.2 cm³/mol. The maximum absolute atomic E-state index is 4.14. The Hall–Kier alpha value is -1.25. The van der Waals surface area contributed by atoms with E-state index in [1.54, 1.807) is 7.05 Å². The van der Waals surface area contributed by atoms with Gasteiger partial charge in [-0.3, -0.25) is 4.99 Å². The van der Waals surface area contributed by atoms with Crippen LogP contribution in [0.25, 0.3) is 0 Å². The summed E-state index contributed by atoms with van der Waals surface area (Å²) in [6.45, 7) is 14.2. The fraction of sp³-hybridized carbons (Fsp3) is 0.667. The van der Waals surface area contributed by atoms with Crippen molar-refractivity contribution in [1.29, 1.82) is 0 Å². The molecule has 0 saturated carbocycles. The van der Waals surface area contributed by atoms with Gasteiger partial charge in [-0.15, -0.1) is 0 Å². The summed E-state index contributed by atoms with van der Waals surface area (Å²) in [5.74, 6) is 0.903. The fourth-order valence-corrected chi connectivity index (χ4v) is 1.13. The van der Waals surface area contributed by atoms with Gasteiger partial charge in [0.1, 0.15) is 5.84 Å². The van der Waals surface area contributed by atoms with Crippen molar-refractivity contribution in [2.45, 2.75) is 47.0 Å². The van der Waals surface area contributed by atoms with Crippen molar-refractivity contribution < 1.29 is 0 Å². The smallest absolute Gasteiger partial charge is 0.120 e. The molecule has 0 radical (unpaired) electrons. The maximum Gasteiger partial charge on any atom is 0.120 e. The molecule has 0 fully saturated rings. The molecule has 0 aromatic heterocycles. The molecule has 3 heteroatoms. The molecule has 0 heterocycles. The van der Waals surface area contributed by atoms with E-state index in [2.05, 4.69) is 36.1 Å². The van der Waals surface area contributed by atoms with Crippen molar-refractivity contribution >= 4 is 5.84 Å². The third kappa shape index (κ3) is 12.8. The minimum atomic E-state index is 0.903. The Morgan fingerprint density at radius 3 is 2.22 bits per heavy atom. The maximum atomic E-state index is 4.14. The third-order valence-electron chi connectivity index (χ3n) is 2.12. The minimum Gasteiger partial charge on any atom is -0.386 e. The number of hydrogen-bond donors (Lipinski definition) is 2. The number of aliphatic imine (C=N–C) groups is 1. The highest BCUT2D eigenvalue weighted by Gasteiger charge is 1.91. The van der Waals surface area contributed by atoms with Crippen LogP contribution >= 0.6 is 0 Å². The van der Waals surface area contributed by atoms with E-state index in [9.17, 15) is 0 Å². The molecule has 2 N–H and O–H groups in total. The molecule has 0 aliphatic rings. The lowest BCUT2D eigenvalue weighted by Gasteiger charge is -2.06. The van der Waals surface area contributed by atoms with E-state index in [1.165, 1.54) is 12.8 Å². The molecule has 0 unspecified atom stereocenters. The van der Waals surface area contributed by atoms with Crippen LogP contribution in [-0.2, 0) is 0 Å². The summed E-state index contributed by atoms with van der Waals surface area (Å²) in [6.07, 6.45) is 7.39. The fourth-order valence-electron chi connectivity index (χ4n) is 1.13. The Kier molecular flexibility index (Phi) is 16.7. The highest BCUT2D eigenvalue weighted by Crippen LogP contribution is 1.91. The van der Waals surface area contributed by atoms with Crippen LogP contribution in [0.5, 0.6) is 0 Å². The topological polar surface area (TPSA) is 36.4 Å². The van der Waals surface area contributed by atoms with E-state index in [-0.39, 0.29) is 0 Å². The van der Waals surface area contributed by atoms with Crippen molar-refractivity contribution in [1.82, 2.24) is 10.6 Å². The van der Waals surface area contributed by atoms with Crippen molar-refractivity contribution in [2.75, 3.05) is 20.1 Å². The monoisotopic (exact) mass is 253 g/mol. The molecule has 0 rings (SSSR count). The SMILES string of the molecule is C=C(/C=C\C(=NC)NCCC)NCCCC.CC. The standard InChI is InChI=1S/C13H25N3.C2H6/c1-5-7-11-15-12(3)8-9-13(14-4)16-10-6-2;1-2/h8-9,15H,3,5-7,10-11H2,1-2,4H3,(H,14,16);1-2H3/b9-8-;. The number of unbranched alkanes of at least 4 members (excludes halogenated alkanes) is 1. The molecule has 0 aromatic carbocycles. The van der Waals surface area contributed by atoms with Gasteiger partial charge in [-0.1, -0.05) is 40.7 Å². The van der Waals surface area contributed by atoms with Gasteiger partial charge in [-0.25, -0.2) is 0 Å². The number of nitrogens with zero attached hydrogens (tertiary/aromatic N) is 1. The molecule has 0 spiro atoms. The van der Waals surface area contributed by atoms with Gasteiger partial charge in [0.25, 0.3) is 0 Å². The zero-order valence-corrected chi connectivity index (χ0v) is 12.8. The van der Waals surface area contributed by atoms with Crippen LogP contribution in [0.1, 0.15) is 47.0 Å². The molecule has 0 aliphatic heterocycles. The Bertz CT molecular complexity index is 242. The Morgan fingerprint density at radius 1 is 1.06 bits per heavy atom. The highest BCUT2D eigenvalue weighted by molar-refractivity contribution is 5.93. The molecule has 106 valence electrons. The summed E-state index contributed by atoms with van der Waals surface area (Å²) in [7, 11) is 1.79. The first kappa shape index (κ1) is 19.1. The summed E-state index contributed by atoms with van der Waals surface area (Å²) in [5.41, 5.74) is 0.938. The normalized spacial score (nSPS) is 10.8. The molecule has 3 nitrogen and oxygen atoms in total. The summed E-state index contributed by atoms with van der Waals surface area (Å²) in [4.78, 5) is 4.14. The highest BCUT2D eigenvalue weighted by atomic mass is 15.0. The number of allylic oxidation sites excluding steroid dienone is 1. The van der Waals surface area contributed by atoms with Crippen LogP contribution in [0.15, 0.2) is 29.4 Å². The van der Waals surface area contributed by atoms with Crippen LogP contribution in [0.2, 0.25) is 0 Å². The summed E-state index contributed by atoms with van der Waals surface area (Å²) in [5, 5.41) is 6.49. The lowest BCUT2D eigenvalue weighted by atomic mass is 10.3. The third-order valence-corrected chi connectivity index (χ3v) is 2.12. The first-order chi connectivity index (χ1) is 8.74. The molecular weight excluding hydrogens is 222 g/mol. The lowest BCUT2D eigenvalue weighted by molar-refractivity contribution is 0.721. The van der Waals surface area contributed by atoms with Crippen molar-refractivity contribution in [3.63, 3.8) is 0 Å². The number of hydrogen-bond acceptors (Lipinski definition) is 2. The zero-order valence-electron chi connectivity index (χ0n) is 12.8. The van der Waals surface area contributed by atoms with Gasteiger partial charge < -0.3 is 10.6 Å². The molecule has 0 aliphatic carbocycles. The van der Waals surface area contributed by atoms with E-state index in [0.29, 0.717) is 0 Å². The van der Waals surface area contributed by atoms with Crippen LogP contribution in [0, 0.1) is 0 Å². The second-order valence-electron chi connectivity index (χ2n) is 3.67. The van der Waals surface area contributed by atoms with Gasteiger partial charge in [-0.2, -0.15) is 0 Å². The van der Waals surface area contributed by atoms with Crippen LogP contribution in [-0.4, -0.2) is 26.0 Å². The van der Waals surface area contributed by atoms with Crippen LogP contribution in [0.4, 0.5) is 0 Å². The molecular formula is C15H31N3. The minimum absolute atomic E-state index is 0.903. The predicted octanol–water partition coefficient (Wildman–Crippen LogP) is 3.50. The largest absolute Gasteiger partial charge is 0.386 e. The summed E-state index contributed by atoms with van der Waals surface area (Å²) in [6, 6.07) is 0. The van der Waals surface area contributed by atoms with Gasteiger partial charge in [-0.05, 0) is 25.0 Å². The first-order valence-corrected chi connectivity index (χ1v) is 7.06. The summed E-state index contributed by atoms with van der Waals surface area (Å²) >= 11 is 0. The number of rotatable bonds is 8. The molecule has 0 amide bonds. The van der Waals surface area contributed by atoms with Crippen molar-refractivity contribution in [3.8, 4) is 0 Å². The Balaban J connectivity index is 0. The average molecular weight is 253 g/mol. The molecule has 0 bridgehead atoms. The van der Waals surface area contributed by atoms with E-state index in [4.69, 9.17) is 0 Å². The lowest BCUT2D eigenvalue weighted by Crippen LogP contribution is -2.22. The molecule has 18 heavy (non-hydrogen) atoms. The Morgan fingerprint density at radius 2 is 1.72 bits per heavy atom. The Labute approximate surface area is 113 Å². The quantitative estimate of drug-likeness (QED) is 0.301. The molecule has 0 atom stereocenters. The van der Waals surface area contributed by atoms with Crippen molar-refractivity contribution in [3.05, 3.63) is 24.4 Å². The van der Waals surface area contributed by atoms with Gasteiger partial charge in [0, 0.05) is 25.8 Å². The second kappa shape index (κ2) is 15.8. The van der Waals surface area contributed by atoms with Gasteiger partial charge >= 0.3 is 0 Å². The van der Waals surface area contributed by atoms with Gasteiger partial charge in [0.2, 0.25) is 0 Å². The number of nitrogens with one attached hydrogen (secondary N) is 2. The molecule has 0 saturated heterocycles. The van der Waals surface area contributed by atoms with E-state index in [1.807, 2.05) is 26.0 Å². The van der Waals surface area contributed by atoms with Crippen molar-refractivity contribution in [2.24, 2.45) is 4.99 Å². The van der Waals surface area contributed by atoms with Gasteiger partial charge in [0.05, 0.1) is 0 Å². The van der Waals surface area contributed by atoms with E-state index < -0.39 is 0 Å². The zero-order chi connectivity index (χ0) is 14.2. The average Bonchev–Trinajstić information content (AvgIpc) is 2.41.